The molecule has 0 saturated heterocycles. The van der Waals surface area contributed by atoms with E-state index in [1.807, 2.05) is 0 Å². The van der Waals surface area contributed by atoms with E-state index in [-0.39, 0.29) is 4.90 Å². The summed E-state index contributed by atoms with van der Waals surface area (Å²) in [6, 6.07) is 9.58. The minimum Gasteiger partial charge on any atom is -0.397 e. The summed E-state index contributed by atoms with van der Waals surface area (Å²) in [5.74, 6) is 0. The van der Waals surface area contributed by atoms with E-state index in [1.165, 1.54) is 12.1 Å². The molecule has 0 saturated carbocycles. The van der Waals surface area contributed by atoms with Gasteiger partial charge in [-0.05, 0) is 36.4 Å². The molecule has 0 amide bonds. The van der Waals surface area contributed by atoms with Crippen molar-refractivity contribution in [2.24, 2.45) is 0 Å². The van der Waals surface area contributed by atoms with E-state index >= 15 is 0 Å². The first kappa shape index (κ1) is 15.0. The molecule has 0 radical (unpaired) electrons. The Bertz CT molecular complexity index is 761. The highest BCUT2D eigenvalue weighted by molar-refractivity contribution is 7.90. The number of benzene rings is 2. The van der Waals surface area contributed by atoms with Gasteiger partial charge in [-0.15, -0.1) is 0 Å². The van der Waals surface area contributed by atoms with Gasteiger partial charge in [0, 0.05) is 11.9 Å². The quantitative estimate of drug-likeness (QED) is 0.841. The third-order valence-electron chi connectivity index (χ3n) is 2.65. The molecule has 3 N–H and O–H groups in total. The van der Waals surface area contributed by atoms with Crippen LogP contribution in [0.15, 0.2) is 41.3 Å². The molecular formula is C13H12Cl2N2O2S. The third kappa shape index (κ3) is 3.36. The van der Waals surface area contributed by atoms with Gasteiger partial charge in [0.25, 0.3) is 0 Å². The Morgan fingerprint density at radius 3 is 2.30 bits per heavy atom. The Morgan fingerprint density at radius 1 is 1.05 bits per heavy atom. The van der Waals surface area contributed by atoms with Crippen molar-refractivity contribution in [2.45, 2.75) is 4.90 Å². The van der Waals surface area contributed by atoms with Crippen molar-refractivity contribution in [3.05, 3.63) is 46.4 Å². The van der Waals surface area contributed by atoms with Gasteiger partial charge in [-0.2, -0.15) is 0 Å². The first-order chi connectivity index (χ1) is 9.27. The van der Waals surface area contributed by atoms with Crippen molar-refractivity contribution >= 4 is 50.1 Å². The third-order valence-corrected chi connectivity index (χ3v) is 4.50. The summed E-state index contributed by atoms with van der Waals surface area (Å²) in [5.41, 5.74) is 7.48. The number of nitrogen functional groups attached to an aromatic ring is 1. The topological polar surface area (TPSA) is 72.2 Å². The van der Waals surface area contributed by atoms with Crippen LogP contribution in [-0.4, -0.2) is 14.7 Å². The van der Waals surface area contributed by atoms with Crippen LogP contribution >= 0.6 is 23.2 Å². The zero-order chi connectivity index (χ0) is 14.9. The van der Waals surface area contributed by atoms with Crippen LogP contribution in [0.5, 0.6) is 0 Å². The maximum Gasteiger partial charge on any atom is 0.175 e. The average molecular weight is 331 g/mol. The Kier molecular flexibility index (Phi) is 4.13. The van der Waals surface area contributed by atoms with Crippen LogP contribution in [0.2, 0.25) is 10.0 Å². The van der Waals surface area contributed by atoms with Crippen LogP contribution in [0, 0.1) is 0 Å². The fraction of sp³-hybridized carbons (Fsp3) is 0.0769. The summed E-state index contributed by atoms with van der Waals surface area (Å²) in [6.45, 7) is 0. The molecule has 0 aliphatic carbocycles. The molecule has 2 aromatic carbocycles. The summed E-state index contributed by atoms with van der Waals surface area (Å²) in [7, 11) is -3.27. The van der Waals surface area contributed by atoms with E-state index in [9.17, 15) is 8.42 Å². The maximum atomic E-state index is 11.4. The molecule has 4 nitrogen and oxygen atoms in total. The van der Waals surface area contributed by atoms with Crippen molar-refractivity contribution < 1.29 is 8.42 Å². The van der Waals surface area contributed by atoms with Crippen molar-refractivity contribution in [2.75, 3.05) is 17.3 Å². The molecule has 7 heteroatoms. The molecule has 20 heavy (non-hydrogen) atoms. The first-order valence-electron chi connectivity index (χ1n) is 5.59. The number of anilines is 3. The average Bonchev–Trinajstić information content (AvgIpc) is 2.35. The number of rotatable bonds is 3. The molecule has 2 rings (SSSR count). The van der Waals surface area contributed by atoms with Gasteiger partial charge in [-0.3, -0.25) is 0 Å². The smallest absolute Gasteiger partial charge is 0.175 e. The predicted molar refractivity (Wildman–Crippen MR) is 83.7 cm³/mol. The van der Waals surface area contributed by atoms with E-state index < -0.39 is 9.84 Å². The van der Waals surface area contributed by atoms with Gasteiger partial charge in [-0.1, -0.05) is 23.2 Å². The van der Waals surface area contributed by atoms with Gasteiger partial charge in [0.15, 0.2) is 9.84 Å². The van der Waals surface area contributed by atoms with E-state index in [2.05, 4.69) is 5.32 Å². The van der Waals surface area contributed by atoms with Gasteiger partial charge in [0.2, 0.25) is 0 Å². The van der Waals surface area contributed by atoms with E-state index in [0.29, 0.717) is 27.1 Å². The van der Waals surface area contributed by atoms with Crippen LogP contribution in [-0.2, 0) is 9.84 Å². The second-order valence-corrected chi connectivity index (χ2v) is 7.11. The molecule has 0 bridgehead atoms. The van der Waals surface area contributed by atoms with Crippen molar-refractivity contribution in [1.82, 2.24) is 0 Å². The number of sulfone groups is 1. The largest absolute Gasteiger partial charge is 0.397 e. The fourth-order valence-corrected chi connectivity index (χ4v) is 2.57. The number of hydrogen-bond donors (Lipinski definition) is 2. The molecule has 106 valence electrons. The minimum absolute atomic E-state index is 0.176. The van der Waals surface area contributed by atoms with Crippen molar-refractivity contribution in [1.29, 1.82) is 0 Å². The molecular weight excluding hydrogens is 319 g/mol. The molecule has 0 spiro atoms. The maximum absolute atomic E-state index is 11.4. The second-order valence-electron chi connectivity index (χ2n) is 4.28. The molecule has 0 aliphatic heterocycles. The van der Waals surface area contributed by atoms with Crippen LogP contribution < -0.4 is 11.1 Å². The summed E-state index contributed by atoms with van der Waals surface area (Å²) in [5, 5.41) is 3.93. The lowest BCUT2D eigenvalue weighted by Gasteiger charge is -2.11. The molecule has 0 atom stereocenters. The summed E-state index contributed by atoms with van der Waals surface area (Å²) >= 11 is 11.8. The fourth-order valence-electron chi connectivity index (χ4n) is 1.61. The highest BCUT2D eigenvalue weighted by atomic mass is 35.5. The van der Waals surface area contributed by atoms with Gasteiger partial charge in [0.05, 0.1) is 26.3 Å². The van der Waals surface area contributed by atoms with Crippen LogP contribution in [0.4, 0.5) is 17.1 Å². The minimum atomic E-state index is -3.27. The van der Waals surface area contributed by atoms with Gasteiger partial charge in [0.1, 0.15) is 0 Å². The monoisotopic (exact) mass is 330 g/mol. The van der Waals surface area contributed by atoms with Crippen LogP contribution in [0.3, 0.4) is 0 Å². The molecule has 2 aromatic rings. The van der Waals surface area contributed by atoms with Gasteiger partial charge >= 0.3 is 0 Å². The lowest BCUT2D eigenvalue weighted by atomic mass is 10.2. The summed E-state index contributed by atoms with van der Waals surface area (Å²) < 4.78 is 22.9. The highest BCUT2D eigenvalue weighted by Crippen LogP contribution is 2.29. The first-order valence-corrected chi connectivity index (χ1v) is 8.24. The molecule has 0 aromatic heterocycles. The summed E-state index contributed by atoms with van der Waals surface area (Å²) in [6.07, 6.45) is 1.13. The number of halogens is 2. The van der Waals surface area contributed by atoms with Crippen molar-refractivity contribution in [3.8, 4) is 0 Å². The van der Waals surface area contributed by atoms with Crippen LogP contribution in [0.25, 0.3) is 0 Å². The van der Waals surface area contributed by atoms with E-state index in [1.54, 1.807) is 24.3 Å². The Morgan fingerprint density at radius 2 is 1.75 bits per heavy atom. The molecule has 0 heterocycles. The zero-order valence-corrected chi connectivity index (χ0v) is 12.9. The lowest BCUT2D eigenvalue weighted by molar-refractivity contribution is 0.602. The predicted octanol–water partition coefficient (Wildman–Crippen LogP) is 3.72. The Balaban J connectivity index is 2.32. The number of nitrogens with one attached hydrogen (secondary N) is 1. The normalized spacial score (nSPS) is 11.3. The lowest BCUT2D eigenvalue weighted by Crippen LogP contribution is -2.01. The Hall–Kier alpha value is -1.43. The van der Waals surface area contributed by atoms with E-state index in [4.69, 9.17) is 28.9 Å². The zero-order valence-electron chi connectivity index (χ0n) is 10.5. The molecule has 0 aliphatic rings. The highest BCUT2D eigenvalue weighted by Gasteiger charge is 2.10. The molecule has 0 unspecified atom stereocenters. The SMILES string of the molecule is CS(=O)(=O)c1ccc(Nc2ccc(Cl)c(Cl)c2)c(N)c1. The summed E-state index contributed by atoms with van der Waals surface area (Å²) in [4.78, 5) is 0.176. The standard InChI is InChI=1S/C13H12Cl2N2O2S/c1-20(18,19)9-3-5-13(12(16)7-9)17-8-2-4-10(14)11(15)6-8/h2-7,17H,16H2,1H3. The van der Waals surface area contributed by atoms with Gasteiger partial charge < -0.3 is 11.1 Å². The van der Waals surface area contributed by atoms with Crippen LogP contribution in [0.1, 0.15) is 0 Å². The van der Waals surface area contributed by atoms with Crippen molar-refractivity contribution in [3.63, 3.8) is 0 Å². The second kappa shape index (κ2) is 5.52. The number of hydrogen-bond acceptors (Lipinski definition) is 4. The number of nitrogens with two attached hydrogens (primary N) is 1. The Labute approximate surface area is 127 Å². The molecule has 0 fully saturated rings. The van der Waals surface area contributed by atoms with Gasteiger partial charge in [-0.25, -0.2) is 8.42 Å². The van der Waals surface area contributed by atoms with E-state index in [0.717, 1.165) is 6.26 Å².